The van der Waals surface area contributed by atoms with Gasteiger partial charge in [-0.3, -0.25) is 24.3 Å². The van der Waals surface area contributed by atoms with Crippen molar-refractivity contribution in [2.24, 2.45) is 10.4 Å². The van der Waals surface area contributed by atoms with Gasteiger partial charge >= 0.3 is 0 Å². The minimum atomic E-state index is -0.320. The second kappa shape index (κ2) is 8.54. The molecule has 1 fully saturated rings. The van der Waals surface area contributed by atoms with Gasteiger partial charge in [0.15, 0.2) is 5.78 Å². The Morgan fingerprint density at radius 1 is 0.938 bits per heavy atom. The molecule has 0 aromatic heterocycles. The number of carbonyl (C=O) groups excluding carboxylic acids is 3. The van der Waals surface area contributed by atoms with E-state index >= 15 is 0 Å². The van der Waals surface area contributed by atoms with Gasteiger partial charge in [-0.25, -0.2) is 0 Å². The summed E-state index contributed by atoms with van der Waals surface area (Å²) in [6, 6.07) is 16.1. The predicted octanol–water partition coefficient (Wildman–Crippen LogP) is 5.04. The van der Waals surface area contributed by atoms with Crippen molar-refractivity contribution >= 4 is 29.0 Å². The first kappa shape index (κ1) is 21.7. The van der Waals surface area contributed by atoms with Gasteiger partial charge in [-0.2, -0.15) is 0 Å². The Hall–Kier alpha value is -3.54. The van der Waals surface area contributed by atoms with Crippen LogP contribution in [-0.4, -0.2) is 39.9 Å². The van der Waals surface area contributed by atoms with Gasteiger partial charge < -0.3 is 5.11 Å². The van der Waals surface area contributed by atoms with Gasteiger partial charge in [-0.05, 0) is 42.5 Å². The fourth-order valence-electron chi connectivity index (χ4n) is 4.34. The number of Topliss-reactive ketones (excluding diaryl/α,β-unsaturated/α-hetero) is 1. The first-order chi connectivity index (χ1) is 15.3. The van der Waals surface area contributed by atoms with Crippen LogP contribution in [-0.2, 0) is 4.79 Å². The maximum Gasteiger partial charge on any atom is 0.261 e. The minimum absolute atomic E-state index is 0.0307. The van der Waals surface area contributed by atoms with E-state index in [1.54, 1.807) is 24.3 Å². The number of ketones is 1. The monoisotopic (exact) mass is 430 g/mol. The molecule has 2 amide bonds. The summed E-state index contributed by atoms with van der Waals surface area (Å²) in [6.07, 6.45) is 1.45. The highest BCUT2D eigenvalue weighted by Crippen LogP contribution is 2.37. The highest BCUT2D eigenvalue weighted by Gasteiger charge is 2.37. The average Bonchev–Trinajstić information content (AvgIpc) is 2.98. The molecule has 0 atom stereocenters. The van der Waals surface area contributed by atoms with Crippen LogP contribution in [0.25, 0.3) is 0 Å². The Balaban J connectivity index is 1.52. The summed E-state index contributed by atoms with van der Waals surface area (Å²) in [7, 11) is 0. The molecule has 164 valence electrons. The molecule has 6 nitrogen and oxygen atoms in total. The lowest BCUT2D eigenvalue weighted by molar-refractivity contribution is -0.117. The van der Waals surface area contributed by atoms with Gasteiger partial charge in [-0.15, -0.1) is 0 Å². The molecule has 0 saturated heterocycles. The van der Waals surface area contributed by atoms with Gasteiger partial charge in [0.2, 0.25) is 0 Å². The topological polar surface area (TPSA) is 87.0 Å². The highest BCUT2D eigenvalue weighted by atomic mass is 16.3. The molecule has 0 bridgehead atoms. The van der Waals surface area contributed by atoms with Gasteiger partial charge in [0.1, 0.15) is 5.76 Å². The molecular formula is C26H26N2O4. The number of hydrogen-bond acceptors (Lipinski definition) is 5. The fraction of sp³-hybridized carbons (Fsp3) is 0.308. The number of nitrogens with zero attached hydrogens (tertiary/aromatic N) is 2. The number of fused-ring (bicyclic) bond motifs is 1. The van der Waals surface area contributed by atoms with Crippen molar-refractivity contribution in [2.45, 2.75) is 39.5 Å². The molecule has 1 aliphatic carbocycles. The molecule has 2 aliphatic rings. The number of allylic oxidation sites excluding steroid dienone is 2. The highest BCUT2D eigenvalue weighted by molar-refractivity contribution is 6.25. The third-order valence-corrected chi connectivity index (χ3v) is 5.83. The molecule has 2 aromatic carbocycles. The van der Waals surface area contributed by atoms with Crippen LogP contribution >= 0.6 is 0 Å². The standard InChI is InChI=1S/C26H26N2O4/c1-26(2)15-20(27-17-9-4-3-5-10-17)23(22(30)16-26)21(29)13-8-14-28-24(31)18-11-6-7-12-19(18)25(28)32/h3-7,9-12,29H,8,13-16H2,1-2H3/b23-21-,27-20?. The van der Waals surface area contributed by atoms with E-state index in [0.29, 0.717) is 36.1 Å². The number of hydrogen-bond donors (Lipinski definition) is 1. The largest absolute Gasteiger partial charge is 0.511 e. The number of carbonyl (C=O) groups is 3. The quantitative estimate of drug-likeness (QED) is 0.409. The molecule has 2 aromatic rings. The maximum absolute atomic E-state index is 12.9. The van der Waals surface area contributed by atoms with Crippen LogP contribution in [0.3, 0.4) is 0 Å². The second-order valence-electron chi connectivity index (χ2n) is 9.07. The minimum Gasteiger partial charge on any atom is -0.511 e. The summed E-state index contributed by atoms with van der Waals surface area (Å²) >= 11 is 0. The lowest BCUT2D eigenvalue weighted by Crippen LogP contribution is -2.33. The molecule has 32 heavy (non-hydrogen) atoms. The summed E-state index contributed by atoms with van der Waals surface area (Å²) in [4.78, 5) is 43.8. The van der Waals surface area contributed by atoms with Crippen LogP contribution in [0.5, 0.6) is 0 Å². The van der Waals surface area contributed by atoms with E-state index in [1.807, 2.05) is 44.2 Å². The summed E-state index contributed by atoms with van der Waals surface area (Å²) < 4.78 is 0. The summed E-state index contributed by atoms with van der Waals surface area (Å²) in [5, 5.41) is 10.8. The Kier molecular flexibility index (Phi) is 5.78. The molecule has 4 rings (SSSR count). The molecule has 0 unspecified atom stereocenters. The van der Waals surface area contributed by atoms with Crippen LogP contribution in [0.4, 0.5) is 5.69 Å². The number of para-hydroxylation sites is 1. The zero-order valence-electron chi connectivity index (χ0n) is 18.3. The lowest BCUT2D eigenvalue weighted by atomic mass is 9.73. The van der Waals surface area contributed by atoms with E-state index in [1.165, 1.54) is 4.90 Å². The van der Waals surface area contributed by atoms with Crippen LogP contribution in [0.15, 0.2) is 70.9 Å². The smallest absolute Gasteiger partial charge is 0.261 e. The molecule has 6 heteroatoms. The van der Waals surface area contributed by atoms with Crippen molar-refractivity contribution in [3.8, 4) is 0 Å². The number of benzene rings is 2. The fourth-order valence-corrected chi connectivity index (χ4v) is 4.34. The van der Waals surface area contributed by atoms with Gasteiger partial charge in [0, 0.05) is 19.4 Å². The zero-order valence-corrected chi connectivity index (χ0v) is 18.3. The van der Waals surface area contributed by atoms with Crippen molar-refractivity contribution in [3.63, 3.8) is 0 Å². The van der Waals surface area contributed by atoms with Gasteiger partial charge in [-0.1, -0.05) is 44.2 Å². The van der Waals surface area contributed by atoms with Crippen molar-refractivity contribution in [2.75, 3.05) is 6.54 Å². The Bertz CT molecular complexity index is 1110. The number of rotatable bonds is 5. The van der Waals surface area contributed by atoms with Crippen LogP contribution in [0.2, 0.25) is 0 Å². The van der Waals surface area contributed by atoms with E-state index in [-0.39, 0.29) is 47.3 Å². The molecule has 1 N–H and O–H groups in total. The number of aliphatic hydroxyl groups is 1. The zero-order chi connectivity index (χ0) is 22.9. The Morgan fingerprint density at radius 2 is 1.53 bits per heavy atom. The van der Waals surface area contributed by atoms with Crippen molar-refractivity contribution in [1.82, 2.24) is 4.90 Å². The molecule has 0 radical (unpaired) electrons. The first-order valence-electron chi connectivity index (χ1n) is 10.8. The third kappa shape index (κ3) is 4.26. The van der Waals surface area contributed by atoms with E-state index in [9.17, 15) is 19.5 Å². The number of amides is 2. The third-order valence-electron chi connectivity index (χ3n) is 5.83. The Labute approximate surface area is 187 Å². The number of aliphatic hydroxyl groups excluding tert-OH is 1. The average molecular weight is 431 g/mol. The summed E-state index contributed by atoms with van der Waals surface area (Å²) in [6.45, 7) is 4.21. The van der Waals surface area contributed by atoms with Crippen molar-refractivity contribution in [3.05, 3.63) is 77.1 Å². The van der Waals surface area contributed by atoms with Crippen LogP contribution < -0.4 is 0 Å². The predicted molar refractivity (Wildman–Crippen MR) is 122 cm³/mol. The second-order valence-corrected chi connectivity index (χ2v) is 9.07. The van der Waals surface area contributed by atoms with Crippen molar-refractivity contribution < 1.29 is 19.5 Å². The first-order valence-corrected chi connectivity index (χ1v) is 10.8. The van der Waals surface area contributed by atoms with E-state index in [2.05, 4.69) is 4.99 Å². The SMILES string of the molecule is CC1(C)CC(=O)/C(=C(\O)CCCN2C(=O)c3ccccc3C2=O)C(=Nc2ccccc2)C1. The maximum atomic E-state index is 12.9. The number of aliphatic imine (C=N–C) groups is 1. The van der Waals surface area contributed by atoms with Crippen LogP contribution in [0, 0.1) is 5.41 Å². The molecule has 1 heterocycles. The van der Waals surface area contributed by atoms with Gasteiger partial charge in [0.05, 0.1) is 28.1 Å². The van der Waals surface area contributed by atoms with E-state index < -0.39 is 0 Å². The van der Waals surface area contributed by atoms with E-state index in [4.69, 9.17) is 0 Å². The Morgan fingerprint density at radius 3 is 2.16 bits per heavy atom. The molecular weight excluding hydrogens is 404 g/mol. The molecule has 1 aliphatic heterocycles. The molecule has 0 spiro atoms. The molecule has 1 saturated carbocycles. The normalized spacial score (nSPS) is 20.6. The van der Waals surface area contributed by atoms with E-state index in [0.717, 1.165) is 5.69 Å². The number of imide groups is 1. The van der Waals surface area contributed by atoms with Crippen molar-refractivity contribution in [1.29, 1.82) is 0 Å². The summed E-state index contributed by atoms with van der Waals surface area (Å²) in [5.74, 6) is -0.801. The van der Waals surface area contributed by atoms with Crippen LogP contribution in [0.1, 0.15) is 60.2 Å². The van der Waals surface area contributed by atoms with Gasteiger partial charge in [0.25, 0.3) is 11.8 Å². The lowest BCUT2D eigenvalue weighted by Gasteiger charge is -2.31. The summed E-state index contributed by atoms with van der Waals surface area (Å²) in [5.41, 5.74) is 2.15.